The number of hydrogen-bond donors (Lipinski definition) is 4. The molecule has 0 bridgehead atoms. The SMILES string of the molecule is COC(=O)N[C@H]1CC[C@H](c2ncc(-c3ccc(NC(=O)NCc4ccccc4)cc3S(=O)(=O)NC(C)(C)C)s2)CC1. The second kappa shape index (κ2) is 13.0. The van der Waals surface area contributed by atoms with E-state index in [4.69, 9.17) is 4.74 Å². The predicted octanol–water partition coefficient (Wildman–Crippen LogP) is 5.59. The Morgan fingerprint density at radius 3 is 2.41 bits per heavy atom. The third-order valence-corrected chi connectivity index (χ3v) is 9.63. The van der Waals surface area contributed by atoms with Gasteiger partial charge >= 0.3 is 12.1 Å². The minimum atomic E-state index is -3.94. The minimum Gasteiger partial charge on any atom is -0.453 e. The number of carbonyl (C=O) groups is 2. The van der Waals surface area contributed by atoms with E-state index >= 15 is 0 Å². The molecule has 3 amide bonds. The van der Waals surface area contributed by atoms with Crippen molar-refractivity contribution in [1.29, 1.82) is 0 Å². The number of methoxy groups -OCH3 is 1. The van der Waals surface area contributed by atoms with Crippen LogP contribution in [0, 0.1) is 0 Å². The van der Waals surface area contributed by atoms with Crippen molar-refractivity contribution < 1.29 is 22.7 Å². The summed E-state index contributed by atoms with van der Waals surface area (Å²) >= 11 is 1.47. The first-order valence-corrected chi connectivity index (χ1v) is 15.8. The molecule has 2 aromatic carbocycles. The van der Waals surface area contributed by atoms with Crippen molar-refractivity contribution in [3.05, 3.63) is 65.3 Å². The van der Waals surface area contributed by atoms with Crippen LogP contribution in [0.25, 0.3) is 10.4 Å². The first-order chi connectivity index (χ1) is 19.4. The van der Waals surface area contributed by atoms with Crippen LogP contribution in [0.4, 0.5) is 15.3 Å². The van der Waals surface area contributed by atoms with Gasteiger partial charge in [0, 0.05) is 41.5 Å². The first-order valence-electron chi connectivity index (χ1n) is 13.5. The Kier molecular flexibility index (Phi) is 9.67. The molecule has 0 unspecified atom stereocenters. The summed E-state index contributed by atoms with van der Waals surface area (Å²) in [5.74, 6) is 0.228. The number of nitrogens with one attached hydrogen (secondary N) is 4. The van der Waals surface area contributed by atoms with Crippen LogP contribution in [0.3, 0.4) is 0 Å². The molecule has 0 aliphatic heterocycles. The number of carbonyl (C=O) groups excluding carboxylic acids is 2. The smallest absolute Gasteiger partial charge is 0.407 e. The van der Waals surface area contributed by atoms with Gasteiger partial charge in [0.25, 0.3) is 0 Å². The van der Waals surface area contributed by atoms with Crippen molar-refractivity contribution in [3.8, 4) is 10.4 Å². The van der Waals surface area contributed by atoms with Crippen LogP contribution in [0.1, 0.15) is 62.9 Å². The lowest BCUT2D eigenvalue weighted by molar-refractivity contribution is 0.162. The highest BCUT2D eigenvalue weighted by molar-refractivity contribution is 7.89. The molecule has 0 spiro atoms. The summed E-state index contributed by atoms with van der Waals surface area (Å²) < 4.78 is 34.5. The van der Waals surface area contributed by atoms with E-state index < -0.39 is 27.7 Å². The average molecular weight is 600 g/mol. The van der Waals surface area contributed by atoms with E-state index in [2.05, 4.69) is 25.7 Å². The molecular formula is C29H37N5O5S2. The van der Waals surface area contributed by atoms with Crippen molar-refractivity contribution in [2.45, 2.75) is 75.4 Å². The second-order valence-corrected chi connectivity index (χ2v) is 13.8. The Balaban J connectivity index is 1.54. The van der Waals surface area contributed by atoms with E-state index in [0.29, 0.717) is 17.8 Å². The number of anilines is 1. The zero-order valence-electron chi connectivity index (χ0n) is 23.7. The lowest BCUT2D eigenvalue weighted by Crippen LogP contribution is -2.40. The molecule has 1 aromatic heterocycles. The summed E-state index contributed by atoms with van der Waals surface area (Å²) in [7, 11) is -2.59. The fraction of sp³-hybridized carbons (Fsp3) is 0.414. The molecule has 220 valence electrons. The highest BCUT2D eigenvalue weighted by Gasteiger charge is 2.29. The van der Waals surface area contributed by atoms with Gasteiger partial charge in [-0.25, -0.2) is 27.7 Å². The number of alkyl carbamates (subject to hydrolysis) is 1. The van der Waals surface area contributed by atoms with E-state index in [1.165, 1.54) is 24.5 Å². The molecule has 0 saturated heterocycles. The number of amides is 3. The van der Waals surface area contributed by atoms with Gasteiger partial charge in [0.05, 0.1) is 21.9 Å². The third-order valence-electron chi connectivity index (χ3n) is 6.64. The van der Waals surface area contributed by atoms with E-state index in [9.17, 15) is 18.0 Å². The first kappa shape index (κ1) is 30.5. The molecule has 1 fully saturated rings. The van der Waals surface area contributed by atoms with E-state index in [1.807, 2.05) is 30.3 Å². The number of sulfonamides is 1. The standard InChI is InChI=1S/C29H37N5O5S2/c1-29(2,3)34-41(37,38)25-16-22(32-27(35)31-17-19-8-6-5-7-9-19)14-15-23(25)24-18-30-26(40-24)20-10-12-21(13-11-20)33-28(36)39-4/h5-9,14-16,18,20-21,34H,10-13,17H2,1-4H3,(H,33,36)(H2,31,32,35)/t20-,21-. The minimum absolute atomic E-state index is 0.0643. The number of rotatable bonds is 8. The zero-order chi connectivity index (χ0) is 29.6. The van der Waals surface area contributed by atoms with Gasteiger partial charge in [0.15, 0.2) is 0 Å². The van der Waals surface area contributed by atoms with Gasteiger partial charge in [-0.15, -0.1) is 11.3 Å². The number of nitrogens with zero attached hydrogens (tertiary/aromatic N) is 1. The maximum atomic E-state index is 13.5. The summed E-state index contributed by atoms with van der Waals surface area (Å²) in [6.07, 6.45) is 4.64. The molecule has 1 saturated carbocycles. The van der Waals surface area contributed by atoms with E-state index in [1.54, 1.807) is 39.1 Å². The summed E-state index contributed by atoms with van der Waals surface area (Å²) in [5.41, 5.74) is 1.11. The zero-order valence-corrected chi connectivity index (χ0v) is 25.3. The molecule has 12 heteroatoms. The number of benzene rings is 2. The topological polar surface area (TPSA) is 139 Å². The molecular weight excluding hydrogens is 562 g/mol. The average Bonchev–Trinajstić information content (AvgIpc) is 3.42. The van der Waals surface area contributed by atoms with Crippen LogP contribution in [0.15, 0.2) is 59.6 Å². The Morgan fingerprint density at radius 2 is 1.76 bits per heavy atom. The van der Waals surface area contributed by atoms with Crippen molar-refractivity contribution in [1.82, 2.24) is 20.3 Å². The lowest BCUT2D eigenvalue weighted by atomic mass is 9.86. The van der Waals surface area contributed by atoms with Crippen molar-refractivity contribution in [2.24, 2.45) is 0 Å². The number of hydrogen-bond acceptors (Lipinski definition) is 7. The maximum absolute atomic E-state index is 13.5. The van der Waals surface area contributed by atoms with Gasteiger partial charge in [0.2, 0.25) is 10.0 Å². The van der Waals surface area contributed by atoms with Crippen LogP contribution in [0.5, 0.6) is 0 Å². The lowest BCUT2D eigenvalue weighted by Gasteiger charge is -2.27. The van der Waals surface area contributed by atoms with Gasteiger partial charge in [0.1, 0.15) is 0 Å². The Labute approximate surface area is 245 Å². The highest BCUT2D eigenvalue weighted by Crippen LogP contribution is 2.40. The van der Waals surface area contributed by atoms with Crippen LogP contribution < -0.4 is 20.7 Å². The van der Waals surface area contributed by atoms with Gasteiger partial charge in [-0.1, -0.05) is 36.4 Å². The summed E-state index contributed by atoms with van der Waals surface area (Å²) in [5, 5.41) is 9.34. The molecule has 4 N–H and O–H groups in total. The number of urea groups is 1. The van der Waals surface area contributed by atoms with Gasteiger partial charge in [-0.2, -0.15) is 0 Å². The fourth-order valence-electron chi connectivity index (χ4n) is 4.75. The number of ether oxygens (including phenoxy) is 1. The Morgan fingerprint density at radius 1 is 1.05 bits per heavy atom. The maximum Gasteiger partial charge on any atom is 0.407 e. The largest absolute Gasteiger partial charge is 0.453 e. The molecule has 1 aliphatic carbocycles. The number of aromatic nitrogens is 1. The summed E-state index contributed by atoms with van der Waals surface area (Å²) in [6, 6.07) is 14.0. The summed E-state index contributed by atoms with van der Waals surface area (Å²) in [4.78, 5) is 29.6. The van der Waals surface area contributed by atoms with Crippen LogP contribution in [-0.4, -0.2) is 44.2 Å². The Hall–Kier alpha value is -3.48. The third kappa shape index (κ3) is 8.51. The number of thiazole rings is 1. The van der Waals surface area contributed by atoms with E-state index in [-0.39, 0.29) is 16.9 Å². The molecule has 1 heterocycles. The van der Waals surface area contributed by atoms with Gasteiger partial charge < -0.3 is 20.7 Å². The van der Waals surface area contributed by atoms with Crippen molar-refractivity contribution in [3.63, 3.8) is 0 Å². The molecule has 4 rings (SSSR count). The molecule has 3 aromatic rings. The van der Waals surface area contributed by atoms with Crippen molar-refractivity contribution >= 4 is 39.2 Å². The Bertz CT molecular complexity index is 1460. The summed E-state index contributed by atoms with van der Waals surface area (Å²) in [6.45, 7) is 5.67. The molecule has 0 radical (unpaired) electrons. The van der Waals surface area contributed by atoms with Crippen LogP contribution >= 0.6 is 11.3 Å². The predicted molar refractivity (Wildman–Crippen MR) is 160 cm³/mol. The molecule has 41 heavy (non-hydrogen) atoms. The second-order valence-electron chi connectivity index (χ2n) is 11.1. The molecule has 10 nitrogen and oxygen atoms in total. The monoisotopic (exact) mass is 599 g/mol. The van der Waals surface area contributed by atoms with Crippen molar-refractivity contribution in [2.75, 3.05) is 12.4 Å². The quantitative estimate of drug-likeness (QED) is 0.266. The highest BCUT2D eigenvalue weighted by atomic mass is 32.2. The van der Waals surface area contributed by atoms with Gasteiger partial charge in [-0.3, -0.25) is 0 Å². The van der Waals surface area contributed by atoms with E-state index in [0.717, 1.165) is 41.1 Å². The van der Waals surface area contributed by atoms with Gasteiger partial charge in [-0.05, 0) is 64.2 Å². The fourth-order valence-corrected chi connectivity index (χ4v) is 7.61. The van der Waals surface area contributed by atoms with Crippen LogP contribution in [-0.2, 0) is 21.3 Å². The normalized spacial score (nSPS) is 17.5. The molecule has 1 aliphatic rings. The molecule has 0 atom stereocenters. The van der Waals surface area contributed by atoms with Crippen LogP contribution in [0.2, 0.25) is 0 Å².